The van der Waals surface area contributed by atoms with Crippen molar-refractivity contribution in [2.24, 2.45) is 0 Å². The van der Waals surface area contributed by atoms with Crippen LogP contribution < -0.4 is 5.73 Å². The maximum Gasteiger partial charge on any atom is 0.142 e. The van der Waals surface area contributed by atoms with Gasteiger partial charge in [0.25, 0.3) is 0 Å². The molecule has 3 nitrogen and oxygen atoms in total. The Bertz CT molecular complexity index is 255. The number of nitrogens with two attached hydrogens (primary N) is 1. The fourth-order valence-corrected chi connectivity index (χ4v) is 1.30. The molecule has 58 valence electrons. The fraction of sp³-hybridized carbons (Fsp3) is 0.500. The van der Waals surface area contributed by atoms with Gasteiger partial charge in [-0.1, -0.05) is 6.42 Å². The third-order valence-electron chi connectivity index (χ3n) is 2.20. The Morgan fingerprint density at radius 2 is 2.18 bits per heavy atom. The lowest BCUT2D eigenvalue weighted by Gasteiger charge is -2.24. The number of hydrogen-bond acceptors (Lipinski definition) is 3. The molecule has 0 amide bonds. The van der Waals surface area contributed by atoms with E-state index in [1.54, 1.807) is 6.20 Å². The van der Waals surface area contributed by atoms with Gasteiger partial charge in [0.2, 0.25) is 0 Å². The molecule has 1 aliphatic rings. The molecule has 0 bridgehead atoms. The van der Waals surface area contributed by atoms with Crippen LogP contribution in [0, 0.1) is 0 Å². The molecule has 0 aliphatic heterocycles. The zero-order valence-corrected chi connectivity index (χ0v) is 6.33. The highest BCUT2D eigenvalue weighted by molar-refractivity contribution is 5.25. The third-order valence-corrected chi connectivity index (χ3v) is 2.20. The van der Waals surface area contributed by atoms with Crippen LogP contribution in [0.2, 0.25) is 0 Å². The van der Waals surface area contributed by atoms with Gasteiger partial charge in [0.15, 0.2) is 0 Å². The normalized spacial score (nSPS) is 17.8. The van der Waals surface area contributed by atoms with Crippen molar-refractivity contribution in [1.29, 1.82) is 0 Å². The van der Waals surface area contributed by atoms with Crippen LogP contribution in [-0.2, 0) is 0 Å². The van der Waals surface area contributed by atoms with E-state index in [2.05, 4.69) is 9.97 Å². The molecule has 1 aromatic rings. The van der Waals surface area contributed by atoms with Gasteiger partial charge in [-0.25, -0.2) is 4.98 Å². The van der Waals surface area contributed by atoms with Gasteiger partial charge < -0.3 is 5.73 Å². The largest absolute Gasteiger partial charge is 0.382 e. The summed E-state index contributed by atoms with van der Waals surface area (Å²) in [5.41, 5.74) is 6.57. The molecule has 11 heavy (non-hydrogen) atoms. The smallest absolute Gasteiger partial charge is 0.142 e. The van der Waals surface area contributed by atoms with E-state index < -0.39 is 0 Å². The molecule has 1 aromatic heterocycles. The Morgan fingerprint density at radius 3 is 2.73 bits per heavy atom. The van der Waals surface area contributed by atoms with Gasteiger partial charge in [0.1, 0.15) is 5.82 Å². The van der Waals surface area contributed by atoms with Crippen molar-refractivity contribution < 1.29 is 0 Å². The highest BCUT2D eigenvalue weighted by Crippen LogP contribution is 2.34. The predicted molar refractivity (Wildman–Crippen MR) is 43.0 cm³/mol. The Hall–Kier alpha value is -1.12. The Kier molecular flexibility index (Phi) is 1.49. The van der Waals surface area contributed by atoms with Gasteiger partial charge in [-0.05, 0) is 12.8 Å². The molecule has 1 aliphatic carbocycles. The molecular weight excluding hydrogens is 138 g/mol. The average molecular weight is 149 g/mol. The minimum absolute atomic E-state index is 0.536. The maximum atomic E-state index is 5.50. The zero-order chi connectivity index (χ0) is 7.68. The van der Waals surface area contributed by atoms with E-state index >= 15 is 0 Å². The molecule has 0 radical (unpaired) electrons. The molecule has 3 heteroatoms. The van der Waals surface area contributed by atoms with Crippen molar-refractivity contribution in [1.82, 2.24) is 9.97 Å². The van der Waals surface area contributed by atoms with Crippen molar-refractivity contribution >= 4 is 5.82 Å². The van der Waals surface area contributed by atoms with Crippen molar-refractivity contribution in [3.63, 3.8) is 0 Å². The molecule has 0 unspecified atom stereocenters. The van der Waals surface area contributed by atoms with Crippen LogP contribution in [0.5, 0.6) is 0 Å². The molecule has 2 N–H and O–H groups in total. The van der Waals surface area contributed by atoms with Gasteiger partial charge in [-0.15, -0.1) is 0 Å². The molecule has 0 aromatic carbocycles. The van der Waals surface area contributed by atoms with Crippen LogP contribution in [0.25, 0.3) is 0 Å². The standard InChI is InChI=1S/C8H11N3/c9-8-5-10-4-7(11-8)6-2-1-3-6/h4-6H,1-3H2,(H2,9,11). The van der Waals surface area contributed by atoms with E-state index in [1.807, 2.05) is 6.20 Å². The Balaban J connectivity index is 2.23. The van der Waals surface area contributed by atoms with Crippen LogP contribution in [0.15, 0.2) is 12.4 Å². The molecule has 1 fully saturated rings. The van der Waals surface area contributed by atoms with Crippen LogP contribution >= 0.6 is 0 Å². The highest BCUT2D eigenvalue weighted by Gasteiger charge is 2.20. The van der Waals surface area contributed by atoms with E-state index in [1.165, 1.54) is 19.3 Å². The first kappa shape index (κ1) is 6.58. The number of aromatic nitrogens is 2. The van der Waals surface area contributed by atoms with E-state index in [0.717, 1.165) is 5.69 Å². The van der Waals surface area contributed by atoms with E-state index in [-0.39, 0.29) is 0 Å². The van der Waals surface area contributed by atoms with Gasteiger partial charge in [-0.3, -0.25) is 4.98 Å². The topological polar surface area (TPSA) is 51.8 Å². The van der Waals surface area contributed by atoms with Gasteiger partial charge in [0, 0.05) is 12.1 Å². The average Bonchev–Trinajstić information content (AvgIpc) is 1.83. The number of nitrogen functional groups attached to an aromatic ring is 1. The number of rotatable bonds is 1. The summed E-state index contributed by atoms with van der Waals surface area (Å²) >= 11 is 0. The summed E-state index contributed by atoms with van der Waals surface area (Å²) < 4.78 is 0. The minimum Gasteiger partial charge on any atom is -0.382 e. The Labute approximate surface area is 65.7 Å². The molecule has 2 rings (SSSR count). The third kappa shape index (κ3) is 1.18. The van der Waals surface area contributed by atoms with E-state index in [0.29, 0.717) is 11.7 Å². The maximum absolute atomic E-state index is 5.50. The van der Waals surface area contributed by atoms with Crippen LogP contribution in [0.4, 0.5) is 5.82 Å². The molecule has 0 atom stereocenters. The molecule has 1 saturated carbocycles. The van der Waals surface area contributed by atoms with Gasteiger partial charge in [0.05, 0.1) is 11.9 Å². The summed E-state index contributed by atoms with van der Waals surface area (Å²) in [6.45, 7) is 0. The summed E-state index contributed by atoms with van der Waals surface area (Å²) in [5, 5.41) is 0. The van der Waals surface area contributed by atoms with Crippen molar-refractivity contribution in [2.75, 3.05) is 5.73 Å². The SMILES string of the molecule is Nc1cncc(C2CCC2)n1. The number of hydrogen-bond donors (Lipinski definition) is 1. The lowest BCUT2D eigenvalue weighted by atomic mass is 9.83. The monoisotopic (exact) mass is 149 g/mol. The van der Waals surface area contributed by atoms with Crippen molar-refractivity contribution in [2.45, 2.75) is 25.2 Å². The first-order valence-corrected chi connectivity index (χ1v) is 3.93. The van der Waals surface area contributed by atoms with Gasteiger partial charge in [-0.2, -0.15) is 0 Å². The quantitative estimate of drug-likeness (QED) is 0.655. The van der Waals surface area contributed by atoms with Crippen LogP contribution in [0.3, 0.4) is 0 Å². The first-order valence-electron chi connectivity index (χ1n) is 3.93. The van der Waals surface area contributed by atoms with Crippen LogP contribution in [-0.4, -0.2) is 9.97 Å². The molecule has 0 spiro atoms. The zero-order valence-electron chi connectivity index (χ0n) is 6.33. The second-order valence-electron chi connectivity index (χ2n) is 3.00. The lowest BCUT2D eigenvalue weighted by Crippen LogP contribution is -2.11. The van der Waals surface area contributed by atoms with Gasteiger partial charge >= 0.3 is 0 Å². The summed E-state index contributed by atoms with van der Waals surface area (Å²) in [6, 6.07) is 0. The summed E-state index contributed by atoms with van der Waals surface area (Å²) in [5.74, 6) is 1.17. The highest BCUT2D eigenvalue weighted by atomic mass is 14.9. The number of anilines is 1. The second-order valence-corrected chi connectivity index (χ2v) is 3.00. The second kappa shape index (κ2) is 2.49. The summed E-state index contributed by atoms with van der Waals surface area (Å²) in [7, 11) is 0. The predicted octanol–water partition coefficient (Wildman–Crippen LogP) is 1.33. The van der Waals surface area contributed by atoms with Crippen LogP contribution in [0.1, 0.15) is 30.9 Å². The molecule has 1 heterocycles. The lowest BCUT2D eigenvalue weighted by molar-refractivity contribution is 0.410. The molecular formula is C8H11N3. The van der Waals surface area contributed by atoms with E-state index in [4.69, 9.17) is 5.73 Å². The fourth-order valence-electron chi connectivity index (χ4n) is 1.30. The summed E-state index contributed by atoms with van der Waals surface area (Å²) in [4.78, 5) is 8.21. The number of nitrogens with zero attached hydrogens (tertiary/aromatic N) is 2. The van der Waals surface area contributed by atoms with E-state index in [9.17, 15) is 0 Å². The van der Waals surface area contributed by atoms with Crippen molar-refractivity contribution in [3.8, 4) is 0 Å². The first-order chi connectivity index (χ1) is 5.36. The molecule has 0 saturated heterocycles. The van der Waals surface area contributed by atoms with Crippen molar-refractivity contribution in [3.05, 3.63) is 18.1 Å². The summed E-state index contributed by atoms with van der Waals surface area (Å²) in [6.07, 6.45) is 7.22. The Morgan fingerprint density at radius 1 is 1.36 bits per heavy atom. The minimum atomic E-state index is 0.536.